The van der Waals surface area contributed by atoms with Gasteiger partial charge < -0.3 is 4.84 Å². The molecule has 5 heteroatoms. The summed E-state index contributed by atoms with van der Waals surface area (Å²) >= 11 is 0. The standard InChI is InChI=1S/C9H12N2O3/c1-10(14-2)7-8-3-5-9(6-4-8)11(12)13/h3-6H,7H2,1-2H3. The van der Waals surface area contributed by atoms with Gasteiger partial charge in [0.15, 0.2) is 0 Å². The lowest BCUT2D eigenvalue weighted by Gasteiger charge is -2.12. The normalized spacial score (nSPS) is 10.5. The average molecular weight is 196 g/mol. The van der Waals surface area contributed by atoms with Crippen molar-refractivity contribution in [2.45, 2.75) is 6.54 Å². The number of hydrogen-bond donors (Lipinski definition) is 0. The molecular formula is C9H12N2O3. The van der Waals surface area contributed by atoms with Crippen molar-refractivity contribution < 1.29 is 9.76 Å². The van der Waals surface area contributed by atoms with E-state index in [-0.39, 0.29) is 5.69 Å². The fraction of sp³-hybridized carbons (Fsp3) is 0.333. The lowest BCUT2D eigenvalue weighted by atomic mass is 10.2. The van der Waals surface area contributed by atoms with Gasteiger partial charge in [-0.25, -0.2) is 0 Å². The fourth-order valence-corrected chi connectivity index (χ4v) is 1.04. The van der Waals surface area contributed by atoms with Gasteiger partial charge in [0.05, 0.1) is 12.0 Å². The second kappa shape index (κ2) is 4.69. The second-order valence-electron chi connectivity index (χ2n) is 2.89. The van der Waals surface area contributed by atoms with Crippen LogP contribution in [0.3, 0.4) is 0 Å². The van der Waals surface area contributed by atoms with Crippen LogP contribution < -0.4 is 0 Å². The molecule has 1 rings (SSSR count). The van der Waals surface area contributed by atoms with E-state index in [0.29, 0.717) is 6.54 Å². The summed E-state index contributed by atoms with van der Waals surface area (Å²) in [6.07, 6.45) is 0. The molecule has 0 saturated heterocycles. The topological polar surface area (TPSA) is 55.6 Å². The van der Waals surface area contributed by atoms with E-state index < -0.39 is 4.92 Å². The summed E-state index contributed by atoms with van der Waals surface area (Å²) in [6.45, 7) is 0.606. The number of benzene rings is 1. The fourth-order valence-electron chi connectivity index (χ4n) is 1.04. The van der Waals surface area contributed by atoms with Crippen molar-refractivity contribution in [3.8, 4) is 0 Å². The minimum absolute atomic E-state index is 0.105. The van der Waals surface area contributed by atoms with Gasteiger partial charge in [0.2, 0.25) is 0 Å². The molecule has 0 aliphatic carbocycles. The van der Waals surface area contributed by atoms with E-state index in [4.69, 9.17) is 4.84 Å². The Morgan fingerprint density at radius 3 is 2.43 bits per heavy atom. The molecule has 76 valence electrons. The maximum absolute atomic E-state index is 10.4. The van der Waals surface area contributed by atoms with Crippen LogP contribution in [0.15, 0.2) is 24.3 Å². The van der Waals surface area contributed by atoms with E-state index in [9.17, 15) is 10.1 Å². The third kappa shape index (κ3) is 2.79. The Morgan fingerprint density at radius 2 is 2.00 bits per heavy atom. The summed E-state index contributed by atoms with van der Waals surface area (Å²) in [4.78, 5) is 14.9. The van der Waals surface area contributed by atoms with E-state index in [2.05, 4.69) is 0 Å². The van der Waals surface area contributed by atoms with E-state index in [0.717, 1.165) is 5.56 Å². The Balaban J connectivity index is 2.68. The molecule has 0 heterocycles. The number of hydroxylamine groups is 2. The van der Waals surface area contributed by atoms with Gasteiger partial charge in [0.25, 0.3) is 5.69 Å². The number of hydrogen-bond acceptors (Lipinski definition) is 4. The van der Waals surface area contributed by atoms with Crippen molar-refractivity contribution >= 4 is 5.69 Å². The minimum Gasteiger partial charge on any atom is -0.302 e. The molecule has 0 aliphatic rings. The predicted molar refractivity (Wildman–Crippen MR) is 51.6 cm³/mol. The average Bonchev–Trinajstić information content (AvgIpc) is 2.18. The highest BCUT2D eigenvalue weighted by Crippen LogP contribution is 2.12. The van der Waals surface area contributed by atoms with Gasteiger partial charge in [-0.3, -0.25) is 10.1 Å². The zero-order valence-corrected chi connectivity index (χ0v) is 8.14. The first-order valence-electron chi connectivity index (χ1n) is 4.12. The van der Waals surface area contributed by atoms with E-state index in [1.54, 1.807) is 31.4 Å². The predicted octanol–water partition coefficient (Wildman–Crippen LogP) is 1.59. The van der Waals surface area contributed by atoms with Crippen LogP contribution in [0, 0.1) is 10.1 Å². The molecule has 0 unspecified atom stereocenters. The number of nitrogens with zero attached hydrogens (tertiary/aromatic N) is 2. The summed E-state index contributed by atoms with van der Waals surface area (Å²) in [5.41, 5.74) is 1.08. The highest BCUT2D eigenvalue weighted by molar-refractivity contribution is 5.32. The van der Waals surface area contributed by atoms with Crippen molar-refractivity contribution in [1.29, 1.82) is 0 Å². The van der Waals surface area contributed by atoms with E-state index in [1.807, 2.05) is 0 Å². The highest BCUT2D eigenvalue weighted by atomic mass is 16.7. The Morgan fingerprint density at radius 1 is 1.43 bits per heavy atom. The lowest BCUT2D eigenvalue weighted by molar-refractivity contribution is -0.384. The first kappa shape index (κ1) is 10.6. The quantitative estimate of drug-likeness (QED) is 0.542. The first-order valence-corrected chi connectivity index (χ1v) is 4.12. The summed E-state index contributed by atoms with van der Waals surface area (Å²) in [6, 6.07) is 6.40. The minimum atomic E-state index is -0.413. The van der Waals surface area contributed by atoms with Gasteiger partial charge in [-0.1, -0.05) is 12.1 Å². The largest absolute Gasteiger partial charge is 0.302 e. The van der Waals surface area contributed by atoms with E-state index >= 15 is 0 Å². The SMILES string of the molecule is CON(C)Cc1ccc([N+](=O)[O-])cc1. The van der Waals surface area contributed by atoms with Gasteiger partial charge in [-0.15, -0.1) is 0 Å². The van der Waals surface area contributed by atoms with Crippen LogP contribution in [0.4, 0.5) is 5.69 Å². The number of nitro groups is 1. The van der Waals surface area contributed by atoms with Crippen LogP contribution in [0.5, 0.6) is 0 Å². The lowest BCUT2D eigenvalue weighted by Crippen LogP contribution is -2.15. The summed E-state index contributed by atoms with van der Waals surface area (Å²) in [5, 5.41) is 12.0. The van der Waals surface area contributed by atoms with Gasteiger partial charge >= 0.3 is 0 Å². The molecule has 5 nitrogen and oxygen atoms in total. The Bertz CT molecular complexity index is 310. The Hall–Kier alpha value is -1.46. The molecule has 0 aromatic heterocycles. The smallest absolute Gasteiger partial charge is 0.269 e. The van der Waals surface area contributed by atoms with Crippen LogP contribution in [-0.2, 0) is 11.4 Å². The summed E-state index contributed by atoms with van der Waals surface area (Å²) in [5.74, 6) is 0. The molecule has 0 spiro atoms. The molecule has 0 atom stereocenters. The first-order chi connectivity index (χ1) is 6.63. The van der Waals surface area contributed by atoms with Gasteiger partial charge in [-0.05, 0) is 5.56 Å². The monoisotopic (exact) mass is 196 g/mol. The molecule has 0 N–H and O–H groups in total. The van der Waals surface area contributed by atoms with Gasteiger partial charge in [0.1, 0.15) is 0 Å². The molecule has 1 aromatic carbocycles. The Kier molecular flexibility index (Phi) is 3.55. The molecule has 1 aromatic rings. The Labute approximate surface area is 82.0 Å². The molecule has 14 heavy (non-hydrogen) atoms. The molecule has 0 aliphatic heterocycles. The summed E-state index contributed by atoms with van der Waals surface area (Å²) < 4.78 is 0. The van der Waals surface area contributed by atoms with Crippen LogP contribution in [-0.4, -0.2) is 24.1 Å². The van der Waals surface area contributed by atoms with Crippen LogP contribution in [0.1, 0.15) is 5.56 Å². The van der Waals surface area contributed by atoms with Crippen molar-refractivity contribution in [3.05, 3.63) is 39.9 Å². The molecule has 0 fully saturated rings. The molecule has 0 amide bonds. The second-order valence-corrected chi connectivity index (χ2v) is 2.89. The number of nitro benzene ring substituents is 1. The van der Waals surface area contributed by atoms with E-state index in [1.165, 1.54) is 12.1 Å². The zero-order valence-electron chi connectivity index (χ0n) is 8.14. The van der Waals surface area contributed by atoms with Crippen molar-refractivity contribution in [3.63, 3.8) is 0 Å². The zero-order chi connectivity index (χ0) is 10.6. The highest BCUT2D eigenvalue weighted by Gasteiger charge is 2.04. The number of rotatable bonds is 4. The van der Waals surface area contributed by atoms with Crippen LogP contribution >= 0.6 is 0 Å². The molecular weight excluding hydrogens is 184 g/mol. The summed E-state index contributed by atoms with van der Waals surface area (Å²) in [7, 11) is 3.37. The van der Waals surface area contributed by atoms with Crippen molar-refractivity contribution in [1.82, 2.24) is 5.06 Å². The third-order valence-corrected chi connectivity index (χ3v) is 1.86. The maximum atomic E-state index is 10.4. The van der Waals surface area contributed by atoms with Crippen LogP contribution in [0.2, 0.25) is 0 Å². The maximum Gasteiger partial charge on any atom is 0.269 e. The molecule has 0 bridgehead atoms. The third-order valence-electron chi connectivity index (χ3n) is 1.86. The van der Waals surface area contributed by atoms with Crippen molar-refractivity contribution in [2.75, 3.05) is 14.2 Å². The molecule has 0 saturated carbocycles. The van der Waals surface area contributed by atoms with Crippen LogP contribution in [0.25, 0.3) is 0 Å². The molecule has 0 radical (unpaired) electrons. The van der Waals surface area contributed by atoms with Gasteiger partial charge in [-0.2, -0.15) is 5.06 Å². The number of non-ortho nitro benzene ring substituents is 1. The van der Waals surface area contributed by atoms with Gasteiger partial charge in [0, 0.05) is 25.7 Å². The van der Waals surface area contributed by atoms with Crippen molar-refractivity contribution in [2.24, 2.45) is 0 Å².